The zero-order chi connectivity index (χ0) is 19.0. The molecule has 0 saturated heterocycles. The molecule has 0 unspecified atom stereocenters. The fourth-order valence-electron chi connectivity index (χ4n) is 2.74. The van der Waals surface area contributed by atoms with E-state index in [1.165, 1.54) is 23.5 Å². The molecule has 0 fully saturated rings. The lowest BCUT2D eigenvalue weighted by molar-refractivity contribution is 0.172. The van der Waals surface area contributed by atoms with Crippen LogP contribution in [0.2, 0.25) is 0 Å². The lowest BCUT2D eigenvalue weighted by Gasteiger charge is -2.18. The Kier molecular flexibility index (Phi) is 4.48. The van der Waals surface area contributed by atoms with Gasteiger partial charge in [-0.05, 0) is 24.3 Å². The lowest BCUT2D eigenvalue weighted by atomic mass is 10.2. The number of thiazole rings is 1. The van der Waals surface area contributed by atoms with Crippen molar-refractivity contribution in [1.29, 1.82) is 0 Å². The second-order valence-electron chi connectivity index (χ2n) is 5.77. The summed E-state index contributed by atoms with van der Waals surface area (Å²) < 4.78 is 56.1. The van der Waals surface area contributed by atoms with E-state index >= 15 is 0 Å². The van der Waals surface area contributed by atoms with Crippen molar-refractivity contribution in [3.63, 3.8) is 0 Å². The van der Waals surface area contributed by atoms with Gasteiger partial charge in [-0.1, -0.05) is 17.4 Å². The van der Waals surface area contributed by atoms with E-state index in [0.29, 0.717) is 31.3 Å². The topological polar surface area (TPSA) is 69.9 Å². The molecule has 2 heterocycles. The van der Waals surface area contributed by atoms with Crippen molar-refractivity contribution in [2.75, 3.05) is 13.2 Å². The zero-order valence-electron chi connectivity index (χ0n) is 14.1. The minimum Gasteiger partial charge on any atom is -0.486 e. The first-order valence-corrected chi connectivity index (χ1v) is 10.3. The number of sulfonamides is 1. The van der Waals surface area contributed by atoms with Gasteiger partial charge in [-0.25, -0.2) is 4.39 Å². The minimum atomic E-state index is -3.99. The SMILES string of the molecule is C=CCn1/c(=N/S(=O)(=O)c2ccc(F)cc2)sc2cc3c(cc21)OCCO3. The van der Waals surface area contributed by atoms with Gasteiger partial charge in [0, 0.05) is 18.7 Å². The number of benzene rings is 2. The van der Waals surface area contributed by atoms with Crippen molar-refractivity contribution < 1.29 is 22.3 Å². The van der Waals surface area contributed by atoms with Crippen LogP contribution in [-0.4, -0.2) is 26.2 Å². The van der Waals surface area contributed by atoms with Crippen molar-refractivity contribution in [2.24, 2.45) is 4.40 Å². The summed E-state index contributed by atoms with van der Waals surface area (Å²) in [5, 5.41) is 0. The smallest absolute Gasteiger partial charge is 0.285 e. The molecule has 1 aromatic heterocycles. The Hall–Kier alpha value is -2.65. The van der Waals surface area contributed by atoms with E-state index in [2.05, 4.69) is 11.0 Å². The Morgan fingerprint density at radius 3 is 2.52 bits per heavy atom. The number of halogens is 1. The van der Waals surface area contributed by atoms with E-state index in [4.69, 9.17) is 9.47 Å². The number of allylic oxidation sites excluding steroid dienone is 1. The van der Waals surface area contributed by atoms with Crippen molar-refractivity contribution in [3.8, 4) is 11.5 Å². The quantitative estimate of drug-likeness (QED) is 0.625. The summed E-state index contributed by atoms with van der Waals surface area (Å²) in [6, 6.07) is 8.20. The molecular formula is C18H15FN2O4S2. The van der Waals surface area contributed by atoms with Crippen LogP contribution < -0.4 is 14.3 Å². The van der Waals surface area contributed by atoms with Gasteiger partial charge in [-0.2, -0.15) is 8.42 Å². The molecule has 0 radical (unpaired) electrons. The molecule has 4 rings (SSSR count). The van der Waals surface area contributed by atoms with Crippen LogP contribution in [0, 0.1) is 5.82 Å². The van der Waals surface area contributed by atoms with Crippen LogP contribution in [0.3, 0.4) is 0 Å². The molecule has 0 saturated carbocycles. The third-order valence-corrected chi connectivity index (χ3v) is 6.41. The number of nitrogens with zero attached hydrogens (tertiary/aromatic N) is 2. The molecule has 0 amide bonds. The van der Waals surface area contributed by atoms with Crippen LogP contribution in [0.4, 0.5) is 4.39 Å². The molecule has 27 heavy (non-hydrogen) atoms. The molecule has 0 atom stereocenters. The zero-order valence-corrected chi connectivity index (χ0v) is 15.7. The van der Waals surface area contributed by atoms with Crippen LogP contribution in [-0.2, 0) is 16.6 Å². The minimum absolute atomic E-state index is 0.0718. The largest absolute Gasteiger partial charge is 0.486 e. The Morgan fingerprint density at radius 2 is 1.85 bits per heavy atom. The van der Waals surface area contributed by atoms with E-state index in [9.17, 15) is 12.8 Å². The van der Waals surface area contributed by atoms with Crippen LogP contribution >= 0.6 is 11.3 Å². The molecule has 140 valence electrons. The highest BCUT2D eigenvalue weighted by Crippen LogP contribution is 2.35. The van der Waals surface area contributed by atoms with Gasteiger partial charge in [0.05, 0.1) is 15.1 Å². The lowest BCUT2D eigenvalue weighted by Crippen LogP contribution is -2.17. The first-order chi connectivity index (χ1) is 13.0. The molecule has 0 N–H and O–H groups in total. The molecule has 0 bridgehead atoms. The van der Waals surface area contributed by atoms with Crippen LogP contribution in [0.15, 0.2) is 58.3 Å². The molecule has 1 aliphatic heterocycles. The van der Waals surface area contributed by atoms with Gasteiger partial charge in [-0.15, -0.1) is 11.0 Å². The highest BCUT2D eigenvalue weighted by Gasteiger charge is 2.18. The first kappa shape index (κ1) is 17.7. The highest BCUT2D eigenvalue weighted by atomic mass is 32.2. The maximum Gasteiger partial charge on any atom is 0.285 e. The standard InChI is InChI=1S/C18H15FN2O4S2/c1-2-7-21-14-10-15-16(25-9-8-24-15)11-17(14)26-18(21)20-27(22,23)13-5-3-12(19)4-6-13/h2-6,10-11H,1,7-9H2/b20-18-. The second kappa shape index (κ2) is 6.82. The summed E-state index contributed by atoms with van der Waals surface area (Å²) in [5.41, 5.74) is 0.775. The average molecular weight is 406 g/mol. The predicted octanol–water partition coefficient (Wildman–Crippen LogP) is 3.09. The predicted molar refractivity (Wildman–Crippen MR) is 100 cm³/mol. The van der Waals surface area contributed by atoms with E-state index in [1.807, 2.05) is 12.1 Å². The molecule has 2 aromatic carbocycles. The molecule has 1 aliphatic rings. The van der Waals surface area contributed by atoms with Crippen LogP contribution in [0.5, 0.6) is 11.5 Å². The van der Waals surface area contributed by atoms with E-state index < -0.39 is 15.8 Å². The summed E-state index contributed by atoms with van der Waals surface area (Å²) in [6.07, 6.45) is 1.66. The number of rotatable bonds is 4. The van der Waals surface area contributed by atoms with Gasteiger partial charge in [0.25, 0.3) is 10.0 Å². The second-order valence-corrected chi connectivity index (χ2v) is 8.38. The molecule has 3 aromatic rings. The van der Waals surface area contributed by atoms with Gasteiger partial charge in [-0.3, -0.25) is 0 Å². The number of fused-ring (bicyclic) bond motifs is 2. The van der Waals surface area contributed by atoms with Gasteiger partial charge < -0.3 is 14.0 Å². The summed E-state index contributed by atoms with van der Waals surface area (Å²) in [6.45, 7) is 5.03. The molecule has 0 spiro atoms. The number of aromatic nitrogens is 1. The Labute approximate surface area is 158 Å². The maximum absolute atomic E-state index is 13.1. The van der Waals surface area contributed by atoms with Crippen molar-refractivity contribution >= 4 is 31.6 Å². The third kappa shape index (κ3) is 3.35. The van der Waals surface area contributed by atoms with Crippen LogP contribution in [0.1, 0.15) is 0 Å². The van der Waals surface area contributed by atoms with E-state index in [-0.39, 0.29) is 9.70 Å². The first-order valence-electron chi connectivity index (χ1n) is 8.08. The summed E-state index contributed by atoms with van der Waals surface area (Å²) in [7, 11) is -3.99. The van der Waals surface area contributed by atoms with Gasteiger partial charge in [0.1, 0.15) is 19.0 Å². The van der Waals surface area contributed by atoms with Crippen molar-refractivity contribution in [3.05, 3.63) is 59.7 Å². The molecule has 0 aliphatic carbocycles. The van der Waals surface area contributed by atoms with Crippen LogP contribution in [0.25, 0.3) is 10.2 Å². The Bertz CT molecular complexity index is 1190. The summed E-state index contributed by atoms with van der Waals surface area (Å²) >= 11 is 1.22. The number of ether oxygens (including phenoxy) is 2. The highest BCUT2D eigenvalue weighted by molar-refractivity contribution is 7.90. The number of hydrogen-bond donors (Lipinski definition) is 0. The average Bonchev–Trinajstić information content (AvgIpc) is 2.96. The number of hydrogen-bond acceptors (Lipinski definition) is 5. The normalized spacial score (nSPS) is 14.5. The van der Waals surface area contributed by atoms with E-state index in [0.717, 1.165) is 22.3 Å². The summed E-state index contributed by atoms with van der Waals surface area (Å²) in [4.78, 5) is 0.217. The molecular weight excluding hydrogens is 391 g/mol. The Morgan fingerprint density at radius 1 is 1.19 bits per heavy atom. The van der Waals surface area contributed by atoms with Gasteiger partial charge in [0.2, 0.25) is 4.80 Å². The third-order valence-electron chi connectivity index (χ3n) is 3.97. The fourth-order valence-corrected chi connectivity index (χ4v) is 5.00. The Balaban J connectivity index is 1.92. The van der Waals surface area contributed by atoms with Crippen molar-refractivity contribution in [1.82, 2.24) is 4.57 Å². The van der Waals surface area contributed by atoms with Crippen molar-refractivity contribution in [2.45, 2.75) is 11.4 Å². The van der Waals surface area contributed by atoms with Gasteiger partial charge >= 0.3 is 0 Å². The van der Waals surface area contributed by atoms with E-state index in [1.54, 1.807) is 10.6 Å². The fraction of sp³-hybridized carbons (Fsp3) is 0.167. The maximum atomic E-state index is 13.1. The monoisotopic (exact) mass is 406 g/mol. The molecule has 6 nitrogen and oxygen atoms in total. The molecule has 9 heteroatoms. The summed E-state index contributed by atoms with van der Waals surface area (Å²) in [5.74, 6) is 0.717. The van der Waals surface area contributed by atoms with Gasteiger partial charge in [0.15, 0.2) is 11.5 Å².